The Morgan fingerprint density at radius 2 is 1.94 bits per heavy atom. The number of ether oxygens (including phenoxy) is 2. The topological polar surface area (TPSA) is 119 Å². The number of hydrogen-bond acceptors (Lipinski definition) is 9. The van der Waals surface area contributed by atoms with Crippen molar-refractivity contribution in [1.29, 1.82) is 0 Å². The van der Waals surface area contributed by atoms with Crippen LogP contribution in [0.5, 0.6) is 11.6 Å². The lowest BCUT2D eigenvalue weighted by atomic mass is 9.99. The number of anilines is 3. The lowest BCUT2D eigenvalue weighted by Crippen LogP contribution is -2.49. The summed E-state index contributed by atoms with van der Waals surface area (Å²) in [4.78, 5) is 28.1. The van der Waals surface area contributed by atoms with Gasteiger partial charge in [-0.25, -0.2) is 9.97 Å². The number of nitrogens with zero attached hydrogens (tertiary/aromatic N) is 6. The van der Waals surface area contributed by atoms with E-state index in [2.05, 4.69) is 30.7 Å². The summed E-state index contributed by atoms with van der Waals surface area (Å²) in [5.41, 5.74) is 3.30. The van der Waals surface area contributed by atoms with Gasteiger partial charge in [-0.15, -0.1) is 0 Å². The highest BCUT2D eigenvalue weighted by Gasteiger charge is 2.35. The molecule has 11 nitrogen and oxygen atoms in total. The molecule has 36 heavy (non-hydrogen) atoms. The molecule has 192 valence electrons. The number of methoxy groups -OCH3 is 1. The van der Waals surface area contributed by atoms with Crippen molar-refractivity contribution in [1.82, 2.24) is 24.7 Å². The molecular weight excluding hydrogens is 460 g/mol. The molecule has 1 atom stereocenters. The third kappa shape index (κ3) is 5.34. The van der Waals surface area contributed by atoms with Crippen molar-refractivity contribution in [3.8, 4) is 11.6 Å². The van der Waals surface area contributed by atoms with E-state index in [9.17, 15) is 4.79 Å². The number of aromatic nitrogens is 5. The number of hydrogen-bond donors (Lipinski definition) is 2. The van der Waals surface area contributed by atoms with E-state index in [0.29, 0.717) is 47.9 Å². The van der Waals surface area contributed by atoms with Gasteiger partial charge in [-0.1, -0.05) is 13.8 Å². The maximum absolute atomic E-state index is 12.5. The maximum atomic E-state index is 12.5. The second-order valence-electron chi connectivity index (χ2n) is 9.54. The van der Waals surface area contributed by atoms with Gasteiger partial charge >= 0.3 is 0 Å². The molecule has 1 aliphatic heterocycles. The van der Waals surface area contributed by atoms with E-state index in [1.54, 1.807) is 19.5 Å². The highest BCUT2D eigenvalue weighted by Crippen LogP contribution is 2.34. The van der Waals surface area contributed by atoms with Crippen LogP contribution in [0.2, 0.25) is 0 Å². The van der Waals surface area contributed by atoms with Gasteiger partial charge in [0.1, 0.15) is 11.7 Å². The summed E-state index contributed by atoms with van der Waals surface area (Å²) in [6.07, 6.45) is 5.55. The number of aryl methyl sites for hydroxylation is 1. The number of carbonyl (C=O) groups is 1. The molecule has 0 saturated heterocycles. The first-order valence-corrected chi connectivity index (χ1v) is 12.0. The summed E-state index contributed by atoms with van der Waals surface area (Å²) < 4.78 is 13.0. The van der Waals surface area contributed by atoms with E-state index in [4.69, 9.17) is 9.47 Å². The van der Waals surface area contributed by atoms with E-state index < -0.39 is 0 Å². The highest BCUT2D eigenvalue weighted by atomic mass is 16.5. The van der Waals surface area contributed by atoms with Crippen molar-refractivity contribution in [2.45, 2.75) is 59.9 Å². The van der Waals surface area contributed by atoms with Crippen LogP contribution in [0.3, 0.4) is 0 Å². The summed E-state index contributed by atoms with van der Waals surface area (Å²) in [6.45, 7) is 10.9. The second-order valence-corrected chi connectivity index (χ2v) is 9.54. The van der Waals surface area contributed by atoms with Crippen LogP contribution >= 0.6 is 0 Å². The quantitative estimate of drug-likeness (QED) is 0.462. The summed E-state index contributed by atoms with van der Waals surface area (Å²) in [5.74, 6) is 2.40. The smallest absolute Gasteiger partial charge is 0.257 e. The van der Waals surface area contributed by atoms with Gasteiger partial charge in [0.2, 0.25) is 11.9 Å². The van der Waals surface area contributed by atoms with Crippen LogP contribution in [0.1, 0.15) is 44.5 Å². The monoisotopic (exact) mass is 494 g/mol. The van der Waals surface area contributed by atoms with Crippen molar-refractivity contribution in [2.24, 2.45) is 5.92 Å². The zero-order valence-corrected chi connectivity index (χ0v) is 21.9. The van der Waals surface area contributed by atoms with Crippen LogP contribution in [0.25, 0.3) is 0 Å². The van der Waals surface area contributed by atoms with Crippen molar-refractivity contribution < 1.29 is 14.3 Å². The average molecular weight is 495 g/mol. The van der Waals surface area contributed by atoms with Crippen molar-refractivity contribution in [2.75, 3.05) is 29.7 Å². The number of fused-ring (bicyclic) bond motifs is 1. The Morgan fingerprint density at radius 3 is 2.64 bits per heavy atom. The highest BCUT2D eigenvalue weighted by molar-refractivity contribution is 6.03. The number of likely N-dealkylation sites (N-methyl/N-ethyl adjacent to an activating group) is 1. The van der Waals surface area contributed by atoms with Crippen molar-refractivity contribution in [3.63, 3.8) is 0 Å². The zero-order chi connectivity index (χ0) is 26.0. The molecule has 0 aliphatic carbocycles. The normalized spacial score (nSPS) is 15.2. The number of amides is 1. The molecule has 0 spiro atoms. The number of rotatable bonds is 9. The molecule has 0 radical (unpaired) electrons. The molecule has 3 aromatic rings. The molecule has 0 saturated carbocycles. The Bertz CT molecular complexity index is 1240. The van der Waals surface area contributed by atoms with Gasteiger partial charge in [0.25, 0.3) is 5.88 Å². The first-order valence-electron chi connectivity index (χ1n) is 12.0. The SMILES string of the molecule is COc1cc(Cn2cc(CNc3nc(C)c4c(n3)N(C)C(C(C)C)C(=O)N4)cn2)cnc1OC(C)C. The van der Waals surface area contributed by atoms with Crippen LogP contribution in [0, 0.1) is 12.8 Å². The minimum Gasteiger partial charge on any atom is -0.491 e. The van der Waals surface area contributed by atoms with Gasteiger partial charge in [-0.05, 0) is 38.3 Å². The molecular formula is C25H34N8O3. The van der Waals surface area contributed by atoms with Crippen LogP contribution in [0.4, 0.5) is 17.5 Å². The zero-order valence-electron chi connectivity index (χ0n) is 21.9. The number of carbonyl (C=O) groups excluding carboxylic acids is 1. The van der Waals surface area contributed by atoms with E-state index in [-0.39, 0.29) is 24.0 Å². The van der Waals surface area contributed by atoms with E-state index in [1.165, 1.54) is 0 Å². The van der Waals surface area contributed by atoms with Crippen LogP contribution in [-0.2, 0) is 17.9 Å². The maximum Gasteiger partial charge on any atom is 0.257 e. The van der Waals surface area contributed by atoms with E-state index in [0.717, 1.165) is 11.1 Å². The molecule has 0 fully saturated rings. The summed E-state index contributed by atoms with van der Waals surface area (Å²) in [7, 11) is 3.50. The van der Waals surface area contributed by atoms with Gasteiger partial charge in [0, 0.05) is 31.5 Å². The fourth-order valence-corrected chi connectivity index (χ4v) is 4.26. The lowest BCUT2D eigenvalue weighted by Gasteiger charge is -2.36. The van der Waals surface area contributed by atoms with Crippen molar-refractivity contribution in [3.05, 3.63) is 41.5 Å². The standard InChI is InChI=1S/C25H34N8O3/c1-14(2)21-23(34)30-20-16(5)29-25(31-22(20)32(21)6)27-10-18-11-28-33(13-18)12-17-8-19(35-7)24(26-9-17)36-15(3)4/h8-9,11,13-15,21H,10,12H2,1-7H3,(H,30,34)(H,27,29,31). The fraction of sp³-hybridized carbons (Fsp3) is 0.480. The Hall–Kier alpha value is -3.89. The average Bonchev–Trinajstić information content (AvgIpc) is 3.26. The summed E-state index contributed by atoms with van der Waals surface area (Å²) in [6, 6.07) is 1.63. The molecule has 4 heterocycles. The molecule has 4 rings (SSSR count). The third-order valence-electron chi connectivity index (χ3n) is 5.89. The van der Waals surface area contributed by atoms with Crippen molar-refractivity contribution >= 4 is 23.4 Å². The molecule has 3 aromatic heterocycles. The minimum atomic E-state index is -0.281. The minimum absolute atomic E-state index is 0.0112. The van der Waals surface area contributed by atoms with Crippen LogP contribution in [0.15, 0.2) is 24.7 Å². The Kier molecular flexibility index (Phi) is 7.27. The Morgan fingerprint density at radius 1 is 1.17 bits per heavy atom. The summed E-state index contributed by atoms with van der Waals surface area (Å²) >= 11 is 0. The molecule has 2 N–H and O–H groups in total. The first-order chi connectivity index (χ1) is 17.2. The lowest BCUT2D eigenvalue weighted by molar-refractivity contribution is -0.118. The fourth-order valence-electron chi connectivity index (χ4n) is 4.26. The Labute approximate surface area is 211 Å². The molecule has 11 heteroatoms. The van der Waals surface area contributed by atoms with Gasteiger partial charge in [-0.2, -0.15) is 10.1 Å². The first kappa shape index (κ1) is 25.2. The van der Waals surface area contributed by atoms with Gasteiger partial charge < -0.3 is 25.0 Å². The van der Waals surface area contributed by atoms with E-state index >= 15 is 0 Å². The predicted molar refractivity (Wildman–Crippen MR) is 138 cm³/mol. The van der Waals surface area contributed by atoms with E-state index in [1.807, 2.05) is 63.5 Å². The van der Waals surface area contributed by atoms with Gasteiger partial charge in [0.05, 0.1) is 31.6 Å². The van der Waals surface area contributed by atoms with Crippen LogP contribution < -0.4 is 25.0 Å². The summed E-state index contributed by atoms with van der Waals surface area (Å²) in [5, 5.41) is 10.7. The Balaban J connectivity index is 1.44. The molecule has 1 aliphatic rings. The van der Waals surface area contributed by atoms with Gasteiger partial charge in [-0.3, -0.25) is 9.48 Å². The third-order valence-corrected chi connectivity index (χ3v) is 5.89. The van der Waals surface area contributed by atoms with Crippen LogP contribution in [-0.4, -0.2) is 56.9 Å². The largest absolute Gasteiger partial charge is 0.491 e. The number of nitrogens with one attached hydrogen (secondary N) is 2. The molecule has 0 bridgehead atoms. The molecule has 1 unspecified atom stereocenters. The molecule has 0 aromatic carbocycles. The number of pyridine rings is 1. The predicted octanol–water partition coefficient (Wildman–Crippen LogP) is 3.25. The van der Waals surface area contributed by atoms with Gasteiger partial charge in [0.15, 0.2) is 11.6 Å². The second kappa shape index (κ2) is 10.4. The molecule has 1 amide bonds.